The van der Waals surface area contributed by atoms with Crippen molar-refractivity contribution in [1.29, 1.82) is 0 Å². The van der Waals surface area contributed by atoms with Gasteiger partial charge in [-0.25, -0.2) is 0 Å². The summed E-state index contributed by atoms with van der Waals surface area (Å²) < 4.78 is 5.27. The van der Waals surface area contributed by atoms with Crippen molar-refractivity contribution in [1.82, 2.24) is 0 Å². The summed E-state index contributed by atoms with van der Waals surface area (Å²) in [6, 6.07) is 4.13. The molecule has 0 heterocycles. The van der Waals surface area contributed by atoms with Crippen LogP contribution in [-0.2, 0) is 11.8 Å². The van der Waals surface area contributed by atoms with Crippen molar-refractivity contribution in [2.75, 3.05) is 7.11 Å². The van der Waals surface area contributed by atoms with Gasteiger partial charge in [0.2, 0.25) is 0 Å². The molecular weight excluding hydrogens is 248 g/mol. The minimum atomic E-state index is 0.207. The van der Waals surface area contributed by atoms with Gasteiger partial charge in [-0.3, -0.25) is 0 Å². The Bertz CT molecular complexity index is 532. The first-order valence-electron chi connectivity index (χ1n) is 7.79. The number of phenolic OH excluding ortho intramolecular Hbond substituents is 1. The minimum Gasteiger partial charge on any atom is -0.504 e. The van der Waals surface area contributed by atoms with Gasteiger partial charge in [-0.15, -0.1) is 0 Å². The van der Waals surface area contributed by atoms with Crippen LogP contribution in [0.1, 0.15) is 57.6 Å². The van der Waals surface area contributed by atoms with Gasteiger partial charge in [0.1, 0.15) is 0 Å². The molecule has 0 aromatic heterocycles. The normalized spacial score (nSPS) is 31.3. The average Bonchev–Trinajstić information content (AvgIpc) is 2.38. The number of rotatable bonds is 1. The van der Waals surface area contributed by atoms with Crippen LogP contribution in [0.5, 0.6) is 11.5 Å². The molecule has 1 aromatic rings. The second-order valence-electron chi connectivity index (χ2n) is 7.49. The maximum atomic E-state index is 10.4. The van der Waals surface area contributed by atoms with E-state index < -0.39 is 0 Å². The Hall–Kier alpha value is -1.18. The highest BCUT2D eigenvalue weighted by molar-refractivity contribution is 5.53. The second kappa shape index (κ2) is 4.41. The van der Waals surface area contributed by atoms with Crippen LogP contribution in [0.3, 0.4) is 0 Å². The smallest absolute Gasteiger partial charge is 0.161 e. The molecule has 3 rings (SSSR count). The van der Waals surface area contributed by atoms with Crippen molar-refractivity contribution in [2.45, 2.75) is 58.3 Å². The Morgan fingerprint density at radius 1 is 1.20 bits per heavy atom. The van der Waals surface area contributed by atoms with Gasteiger partial charge >= 0.3 is 0 Å². The van der Waals surface area contributed by atoms with Crippen LogP contribution in [0.25, 0.3) is 0 Å². The molecule has 1 N–H and O–H groups in total. The van der Waals surface area contributed by atoms with E-state index in [1.165, 1.54) is 31.2 Å². The van der Waals surface area contributed by atoms with Crippen LogP contribution < -0.4 is 4.74 Å². The van der Waals surface area contributed by atoms with Crippen molar-refractivity contribution in [3.63, 3.8) is 0 Å². The fourth-order valence-electron chi connectivity index (χ4n) is 5.01. The molecule has 1 aromatic carbocycles. The number of ether oxygens (including phenoxy) is 1. The molecule has 0 saturated heterocycles. The molecule has 0 aliphatic heterocycles. The van der Waals surface area contributed by atoms with Crippen LogP contribution >= 0.6 is 0 Å². The number of methoxy groups -OCH3 is 1. The molecule has 2 aliphatic carbocycles. The van der Waals surface area contributed by atoms with Crippen LogP contribution in [0.2, 0.25) is 0 Å². The summed E-state index contributed by atoms with van der Waals surface area (Å²) in [5.74, 6) is 1.69. The molecular formula is C18H26O2. The first-order chi connectivity index (χ1) is 9.40. The van der Waals surface area contributed by atoms with E-state index in [-0.39, 0.29) is 5.41 Å². The van der Waals surface area contributed by atoms with Gasteiger partial charge in [-0.05, 0) is 54.1 Å². The summed E-state index contributed by atoms with van der Waals surface area (Å²) >= 11 is 0. The van der Waals surface area contributed by atoms with E-state index in [0.717, 1.165) is 12.0 Å². The van der Waals surface area contributed by atoms with Crippen molar-refractivity contribution in [3.05, 3.63) is 23.3 Å². The van der Waals surface area contributed by atoms with Gasteiger partial charge in [0.25, 0.3) is 0 Å². The van der Waals surface area contributed by atoms with Crippen LogP contribution in [-0.4, -0.2) is 12.2 Å². The van der Waals surface area contributed by atoms with E-state index in [1.54, 1.807) is 7.11 Å². The Morgan fingerprint density at radius 3 is 2.65 bits per heavy atom. The summed E-state index contributed by atoms with van der Waals surface area (Å²) in [7, 11) is 1.62. The first kappa shape index (κ1) is 13.8. The summed E-state index contributed by atoms with van der Waals surface area (Å²) in [4.78, 5) is 0. The number of hydrogen-bond donors (Lipinski definition) is 1. The van der Waals surface area contributed by atoms with E-state index >= 15 is 0 Å². The fraction of sp³-hybridized carbons (Fsp3) is 0.667. The Labute approximate surface area is 122 Å². The van der Waals surface area contributed by atoms with Gasteiger partial charge in [0.15, 0.2) is 11.5 Å². The van der Waals surface area contributed by atoms with Crippen LogP contribution in [0, 0.1) is 11.3 Å². The molecule has 2 nitrogen and oxygen atoms in total. The molecule has 0 bridgehead atoms. The molecule has 20 heavy (non-hydrogen) atoms. The van der Waals surface area contributed by atoms with E-state index in [9.17, 15) is 5.11 Å². The molecule has 1 fully saturated rings. The average molecular weight is 274 g/mol. The Balaban J connectivity index is 2.13. The third-order valence-electron chi connectivity index (χ3n) is 5.99. The number of benzene rings is 1. The molecule has 1 unspecified atom stereocenters. The zero-order chi connectivity index (χ0) is 14.5. The minimum absolute atomic E-state index is 0.207. The molecule has 2 atom stereocenters. The van der Waals surface area contributed by atoms with Crippen molar-refractivity contribution in [2.24, 2.45) is 11.3 Å². The highest BCUT2D eigenvalue weighted by Crippen LogP contribution is 2.58. The SMILES string of the molecule is COc1ccc2c(c1O)CCC1C(C)(C)CCC[C@]21C. The van der Waals surface area contributed by atoms with Gasteiger partial charge < -0.3 is 9.84 Å². The zero-order valence-electron chi connectivity index (χ0n) is 13.1. The maximum Gasteiger partial charge on any atom is 0.161 e. The predicted octanol–water partition coefficient (Wildman–Crippen LogP) is 4.43. The van der Waals surface area contributed by atoms with Gasteiger partial charge in [0.05, 0.1) is 7.11 Å². The van der Waals surface area contributed by atoms with Crippen molar-refractivity contribution >= 4 is 0 Å². The fourth-order valence-corrected chi connectivity index (χ4v) is 5.01. The largest absolute Gasteiger partial charge is 0.504 e. The van der Waals surface area contributed by atoms with Gasteiger partial charge in [-0.1, -0.05) is 33.3 Å². The Morgan fingerprint density at radius 2 is 1.95 bits per heavy atom. The predicted molar refractivity (Wildman–Crippen MR) is 81.5 cm³/mol. The lowest BCUT2D eigenvalue weighted by Gasteiger charge is -2.54. The molecule has 0 spiro atoms. The summed E-state index contributed by atoms with van der Waals surface area (Å²) in [6.07, 6.45) is 6.00. The number of fused-ring (bicyclic) bond motifs is 3. The highest BCUT2D eigenvalue weighted by Gasteiger charge is 2.50. The van der Waals surface area contributed by atoms with E-state index in [4.69, 9.17) is 4.74 Å². The molecule has 0 amide bonds. The monoisotopic (exact) mass is 274 g/mol. The second-order valence-corrected chi connectivity index (χ2v) is 7.49. The summed E-state index contributed by atoms with van der Waals surface area (Å²) in [5.41, 5.74) is 3.10. The first-order valence-corrected chi connectivity index (χ1v) is 7.79. The number of aromatic hydroxyl groups is 1. The third-order valence-corrected chi connectivity index (χ3v) is 5.99. The van der Waals surface area contributed by atoms with Gasteiger partial charge in [0, 0.05) is 5.56 Å². The lowest BCUT2D eigenvalue weighted by Crippen LogP contribution is -2.47. The maximum absolute atomic E-state index is 10.4. The van der Waals surface area contributed by atoms with E-state index in [2.05, 4.69) is 26.8 Å². The third kappa shape index (κ3) is 1.77. The Kier molecular flexibility index (Phi) is 3.04. The van der Waals surface area contributed by atoms with Crippen molar-refractivity contribution < 1.29 is 9.84 Å². The molecule has 2 heteroatoms. The number of phenols is 1. The quantitative estimate of drug-likeness (QED) is 0.821. The molecule has 2 aliphatic rings. The standard InChI is InChI=1S/C18H26O2/c1-17(2)10-5-11-18(3)13-7-8-14(20-4)16(19)12(13)6-9-15(17)18/h7-8,15,19H,5-6,9-11H2,1-4H3/t15?,18-/m1/s1. The molecule has 110 valence electrons. The van der Waals surface area contributed by atoms with Crippen molar-refractivity contribution in [3.8, 4) is 11.5 Å². The van der Waals surface area contributed by atoms with Crippen LogP contribution in [0.4, 0.5) is 0 Å². The molecule has 0 radical (unpaired) electrons. The number of hydrogen-bond acceptors (Lipinski definition) is 2. The highest BCUT2D eigenvalue weighted by atomic mass is 16.5. The van der Waals surface area contributed by atoms with E-state index in [1.807, 2.05) is 6.07 Å². The van der Waals surface area contributed by atoms with Crippen LogP contribution in [0.15, 0.2) is 12.1 Å². The summed E-state index contributed by atoms with van der Waals surface area (Å²) in [5, 5.41) is 10.4. The van der Waals surface area contributed by atoms with E-state index in [0.29, 0.717) is 22.8 Å². The van der Waals surface area contributed by atoms with Gasteiger partial charge in [-0.2, -0.15) is 0 Å². The zero-order valence-corrected chi connectivity index (χ0v) is 13.1. The lowest BCUT2D eigenvalue weighted by atomic mass is 9.50. The summed E-state index contributed by atoms with van der Waals surface area (Å²) in [6.45, 7) is 7.25. The molecule has 1 saturated carbocycles. The topological polar surface area (TPSA) is 29.5 Å². The lowest BCUT2D eigenvalue weighted by molar-refractivity contribution is 0.0401.